The topological polar surface area (TPSA) is 6.48 Å². The van der Waals surface area contributed by atoms with Crippen LogP contribution >= 0.6 is 0 Å². The number of anilines is 6. The molecule has 1 aliphatic carbocycles. The van der Waals surface area contributed by atoms with E-state index in [0.717, 1.165) is 33.9 Å². The minimum Gasteiger partial charge on any atom is -0.309 e. The molecule has 0 atom stereocenters. The second kappa shape index (κ2) is 18.2. The average Bonchev–Trinajstić information content (AvgIpc) is 3.67. The number of benzene rings is 12. The van der Waals surface area contributed by atoms with E-state index in [-0.39, 0.29) is 5.41 Å². The molecule has 346 valence electrons. The molecule has 0 fully saturated rings. The van der Waals surface area contributed by atoms with E-state index in [2.05, 4.69) is 303 Å². The molecule has 2 nitrogen and oxygen atoms in total. The van der Waals surface area contributed by atoms with Gasteiger partial charge in [-0.3, -0.25) is 0 Å². The van der Waals surface area contributed by atoms with Gasteiger partial charge in [0.1, 0.15) is 0 Å². The molecule has 0 spiro atoms. The second-order valence-corrected chi connectivity index (χ2v) is 19.8. The van der Waals surface area contributed by atoms with Crippen LogP contribution in [0.25, 0.3) is 78.5 Å². The molecule has 0 heterocycles. The van der Waals surface area contributed by atoms with Crippen LogP contribution < -0.4 is 9.80 Å². The summed E-state index contributed by atoms with van der Waals surface area (Å²) in [5.41, 5.74) is 16.3. The minimum atomic E-state index is -0.326. The molecule has 0 aromatic heterocycles. The summed E-state index contributed by atoms with van der Waals surface area (Å²) in [5.74, 6) is 0. The van der Waals surface area contributed by atoms with Crippen molar-refractivity contribution in [1.29, 1.82) is 0 Å². The van der Waals surface area contributed by atoms with Gasteiger partial charge >= 0.3 is 0 Å². The first kappa shape index (κ1) is 43.8. The fourth-order valence-electron chi connectivity index (χ4n) is 11.2. The normalized spacial score (nSPS) is 12.8. The second-order valence-electron chi connectivity index (χ2n) is 19.8. The molecular formula is C71H52N2. The van der Waals surface area contributed by atoms with Gasteiger partial charge in [0.2, 0.25) is 0 Å². The van der Waals surface area contributed by atoms with Gasteiger partial charge in [0, 0.05) is 49.7 Å². The highest BCUT2D eigenvalue weighted by Gasteiger charge is 2.37. The standard InChI is InChI=1S/C71H52N2/c1-71(2)67-47-59(72(57-37-33-51(34-38-57)31-29-49-17-5-3-6-18-49)69-61-25-13-9-21-53(61)45-54-22-10-14-26-62(54)69)41-43-65(67)66-44-42-60(48-68(66)71)73(58-39-35-52(36-40-58)32-30-50-19-7-4-8-20-50)70-63-27-15-11-23-55(63)46-56-24-12-16-28-64(56)70/h3-48H,1-2H3/b31-29+,32-30+. The Morgan fingerprint density at radius 3 is 0.904 bits per heavy atom. The Balaban J connectivity index is 0.950. The van der Waals surface area contributed by atoms with Crippen LogP contribution in [0.4, 0.5) is 34.1 Å². The van der Waals surface area contributed by atoms with Gasteiger partial charge in [0.25, 0.3) is 0 Å². The summed E-state index contributed by atoms with van der Waals surface area (Å²) in [6.07, 6.45) is 8.76. The summed E-state index contributed by atoms with van der Waals surface area (Å²) in [6.45, 7) is 4.81. The van der Waals surface area contributed by atoms with E-state index in [9.17, 15) is 0 Å². The summed E-state index contributed by atoms with van der Waals surface area (Å²) in [5, 5.41) is 9.70. The first-order valence-electron chi connectivity index (χ1n) is 25.3. The number of nitrogens with zero attached hydrogens (tertiary/aromatic N) is 2. The highest BCUT2D eigenvalue weighted by molar-refractivity contribution is 6.16. The van der Waals surface area contributed by atoms with E-state index in [0.29, 0.717) is 0 Å². The van der Waals surface area contributed by atoms with Crippen LogP contribution in [0.2, 0.25) is 0 Å². The van der Waals surface area contributed by atoms with Gasteiger partial charge in [-0.15, -0.1) is 0 Å². The third kappa shape index (κ3) is 7.95. The Morgan fingerprint density at radius 2 is 0.562 bits per heavy atom. The average molecular weight is 933 g/mol. The lowest BCUT2D eigenvalue weighted by Gasteiger charge is -2.31. The highest BCUT2D eigenvalue weighted by Crippen LogP contribution is 2.54. The zero-order valence-electron chi connectivity index (χ0n) is 41.0. The molecule has 12 aromatic rings. The van der Waals surface area contributed by atoms with E-state index in [1.807, 2.05) is 0 Å². The first-order chi connectivity index (χ1) is 35.9. The zero-order chi connectivity index (χ0) is 48.9. The van der Waals surface area contributed by atoms with Crippen molar-refractivity contribution in [1.82, 2.24) is 0 Å². The predicted molar refractivity (Wildman–Crippen MR) is 314 cm³/mol. The maximum absolute atomic E-state index is 2.49. The summed E-state index contributed by atoms with van der Waals surface area (Å²) in [7, 11) is 0. The number of fused-ring (bicyclic) bond motifs is 7. The molecule has 0 saturated carbocycles. The van der Waals surface area contributed by atoms with Gasteiger partial charge in [0.15, 0.2) is 0 Å². The molecule has 0 unspecified atom stereocenters. The van der Waals surface area contributed by atoms with Gasteiger partial charge in [-0.05, 0) is 127 Å². The van der Waals surface area contributed by atoms with Crippen molar-refractivity contribution in [3.8, 4) is 11.1 Å². The largest absolute Gasteiger partial charge is 0.309 e. The molecular weight excluding hydrogens is 881 g/mol. The van der Waals surface area contributed by atoms with Crippen LogP contribution in [0.15, 0.2) is 255 Å². The van der Waals surface area contributed by atoms with Crippen LogP contribution in [-0.4, -0.2) is 0 Å². The van der Waals surface area contributed by atoms with Crippen molar-refractivity contribution in [3.63, 3.8) is 0 Å². The fourth-order valence-corrected chi connectivity index (χ4v) is 11.2. The minimum absolute atomic E-state index is 0.326. The Bertz CT molecular complexity index is 3720. The molecule has 1 aliphatic rings. The van der Waals surface area contributed by atoms with E-state index < -0.39 is 0 Å². The van der Waals surface area contributed by atoms with E-state index in [4.69, 9.17) is 0 Å². The molecule has 0 radical (unpaired) electrons. The lowest BCUT2D eigenvalue weighted by atomic mass is 9.82. The number of hydrogen-bond acceptors (Lipinski definition) is 2. The third-order valence-electron chi connectivity index (χ3n) is 14.9. The monoisotopic (exact) mass is 932 g/mol. The Labute approximate surface area is 427 Å². The Hall–Kier alpha value is -9.24. The Morgan fingerprint density at radius 1 is 0.274 bits per heavy atom. The van der Waals surface area contributed by atoms with Crippen LogP contribution in [0.1, 0.15) is 47.2 Å². The van der Waals surface area contributed by atoms with Crippen molar-refractivity contribution in [3.05, 3.63) is 288 Å². The molecule has 12 aromatic carbocycles. The van der Waals surface area contributed by atoms with Gasteiger partial charge in [-0.2, -0.15) is 0 Å². The van der Waals surface area contributed by atoms with Crippen molar-refractivity contribution in [2.45, 2.75) is 19.3 Å². The summed E-state index contributed by atoms with van der Waals surface area (Å²) in [6, 6.07) is 93.3. The molecule has 0 bridgehead atoms. The van der Waals surface area contributed by atoms with E-state index in [1.165, 1.54) is 87.8 Å². The zero-order valence-corrected chi connectivity index (χ0v) is 41.0. The molecule has 0 saturated heterocycles. The molecule has 0 aliphatic heterocycles. The number of rotatable bonds is 10. The SMILES string of the molecule is CC1(C)c2cc(N(c3ccc(/C=C/c4ccccc4)cc3)c3c4ccccc4cc4ccccc34)ccc2-c2ccc(N(c3ccc(/C=C/c4ccccc4)cc3)c3c4ccccc4cc4ccccc34)cc21. The molecule has 0 amide bonds. The van der Waals surface area contributed by atoms with Crippen molar-refractivity contribution >= 4 is 102 Å². The van der Waals surface area contributed by atoms with Crippen molar-refractivity contribution in [2.75, 3.05) is 9.80 Å². The van der Waals surface area contributed by atoms with Crippen molar-refractivity contribution < 1.29 is 0 Å². The Kier molecular flexibility index (Phi) is 10.9. The quantitative estimate of drug-likeness (QED) is 0.0996. The first-order valence-corrected chi connectivity index (χ1v) is 25.3. The summed E-state index contributed by atoms with van der Waals surface area (Å²) < 4.78 is 0. The smallest absolute Gasteiger partial charge is 0.0618 e. The maximum Gasteiger partial charge on any atom is 0.0618 e. The maximum atomic E-state index is 2.49. The van der Waals surface area contributed by atoms with Crippen LogP contribution in [0.5, 0.6) is 0 Å². The summed E-state index contributed by atoms with van der Waals surface area (Å²) in [4.78, 5) is 4.98. The van der Waals surface area contributed by atoms with Gasteiger partial charge in [0.05, 0.1) is 11.4 Å². The molecule has 13 rings (SSSR count). The van der Waals surface area contributed by atoms with Crippen LogP contribution in [0.3, 0.4) is 0 Å². The van der Waals surface area contributed by atoms with Gasteiger partial charge in [-0.25, -0.2) is 0 Å². The van der Waals surface area contributed by atoms with Crippen LogP contribution in [0, 0.1) is 0 Å². The van der Waals surface area contributed by atoms with Crippen LogP contribution in [-0.2, 0) is 5.41 Å². The summed E-state index contributed by atoms with van der Waals surface area (Å²) >= 11 is 0. The van der Waals surface area contributed by atoms with Gasteiger partial charge < -0.3 is 9.80 Å². The number of hydrogen-bond donors (Lipinski definition) is 0. The molecule has 2 heteroatoms. The van der Waals surface area contributed by atoms with Crippen molar-refractivity contribution in [2.24, 2.45) is 0 Å². The van der Waals surface area contributed by atoms with E-state index >= 15 is 0 Å². The molecule has 0 N–H and O–H groups in total. The lowest BCUT2D eigenvalue weighted by molar-refractivity contribution is 0.660. The third-order valence-corrected chi connectivity index (χ3v) is 14.9. The lowest BCUT2D eigenvalue weighted by Crippen LogP contribution is -2.18. The van der Waals surface area contributed by atoms with E-state index in [1.54, 1.807) is 0 Å². The predicted octanol–water partition coefficient (Wildman–Crippen LogP) is 19.9. The van der Waals surface area contributed by atoms with Gasteiger partial charge in [-0.1, -0.05) is 232 Å². The fraction of sp³-hybridized carbons (Fsp3) is 0.0423. The highest BCUT2D eigenvalue weighted by atomic mass is 15.2. The molecule has 73 heavy (non-hydrogen) atoms.